The second-order valence-corrected chi connectivity index (χ2v) is 18.7. The van der Waals surface area contributed by atoms with Crippen LogP contribution >= 0.6 is 11.8 Å². The van der Waals surface area contributed by atoms with Crippen LogP contribution in [-0.4, -0.2) is 130 Å². The minimum atomic E-state index is -0.683. The van der Waals surface area contributed by atoms with E-state index in [0.29, 0.717) is 30.8 Å². The number of benzene rings is 2. The number of hydrogen-bond donors (Lipinski definition) is 4. The number of rotatable bonds is 13. The Kier molecular flexibility index (Phi) is 13.1. The average molecular weight is 903 g/mol. The number of nitrogens with one attached hydrogen (secondary N) is 3. The van der Waals surface area contributed by atoms with Crippen molar-refractivity contribution in [2.24, 2.45) is 11.1 Å². The summed E-state index contributed by atoms with van der Waals surface area (Å²) in [4.78, 5) is 81.6. The third-order valence-corrected chi connectivity index (χ3v) is 14.3. The molecule has 5 aliphatic heterocycles. The monoisotopic (exact) mass is 902 g/mol. The zero-order chi connectivity index (χ0) is 45.1. The maximum atomic E-state index is 13.2. The van der Waals surface area contributed by atoms with Crippen LogP contribution in [-0.2, 0) is 32.2 Å². The molecule has 4 aromatic rings. The summed E-state index contributed by atoms with van der Waals surface area (Å²) >= 11 is 1.51. The first-order chi connectivity index (χ1) is 31.5. The quantitative estimate of drug-likeness (QED) is 0.142. The lowest BCUT2D eigenvalue weighted by Gasteiger charge is -2.41. The van der Waals surface area contributed by atoms with Gasteiger partial charge < -0.3 is 35.8 Å². The zero-order valence-corrected chi connectivity index (χ0v) is 37.2. The van der Waals surface area contributed by atoms with Crippen molar-refractivity contribution in [3.05, 3.63) is 89.4 Å². The standard InChI is InChI=1S/C46H54N12O6S/c1-29-42(47)46(28-64-29)13-16-56(17-14-46)38-25-49-41(26-48-38)65-33-5-2-4-32(23-33)51-39(59)6-3-15-55-18-20-57(21-19-55)37-11-9-35(53-54-37)43(61)50-24-30-7-8-31-27-58(45(63)34(31)22-30)36-10-12-40(60)52-44(36)62/h2,4-5,7-9,11,22-23,25-26,29,36,42H,3,6,10,12-21,24,27-28,47H2,1H3,(H,50,61)(H,51,59)(H,52,60,62)/t29-,36?,42+/m0/s1. The van der Waals surface area contributed by atoms with Crippen LogP contribution in [0.25, 0.3) is 0 Å². The Morgan fingerprint density at radius 2 is 1.75 bits per heavy atom. The average Bonchev–Trinajstić information content (AvgIpc) is 3.79. The van der Waals surface area contributed by atoms with Crippen molar-refractivity contribution in [2.75, 3.05) is 67.5 Å². The van der Waals surface area contributed by atoms with Gasteiger partial charge in [-0.05, 0) is 86.7 Å². The number of anilines is 3. The van der Waals surface area contributed by atoms with Gasteiger partial charge in [0.05, 0.1) is 25.1 Å². The maximum Gasteiger partial charge on any atom is 0.272 e. The van der Waals surface area contributed by atoms with Gasteiger partial charge in [0, 0.05) is 92.8 Å². The summed E-state index contributed by atoms with van der Waals surface area (Å²) in [5, 5.41) is 17.5. The van der Waals surface area contributed by atoms with E-state index in [0.717, 1.165) is 104 Å². The normalized spacial score (nSPS) is 22.0. The lowest BCUT2D eigenvalue weighted by atomic mass is 9.73. The van der Waals surface area contributed by atoms with E-state index in [-0.39, 0.29) is 59.8 Å². The molecule has 5 N–H and O–H groups in total. The molecule has 0 aliphatic carbocycles. The van der Waals surface area contributed by atoms with Crippen LogP contribution < -0.4 is 31.5 Å². The molecule has 340 valence electrons. The summed E-state index contributed by atoms with van der Waals surface area (Å²) in [5.74, 6) is 0.0925. The number of carbonyl (C=O) groups is 5. The Balaban J connectivity index is 0.667. The predicted molar refractivity (Wildman–Crippen MR) is 242 cm³/mol. The van der Waals surface area contributed by atoms with Gasteiger partial charge in [0.1, 0.15) is 16.9 Å². The first-order valence-corrected chi connectivity index (χ1v) is 23.2. The molecule has 4 fully saturated rings. The van der Waals surface area contributed by atoms with Crippen LogP contribution in [0.15, 0.2) is 76.9 Å². The summed E-state index contributed by atoms with van der Waals surface area (Å²) in [6.45, 7) is 8.93. The minimum Gasteiger partial charge on any atom is -0.376 e. The number of hydrogen-bond acceptors (Lipinski definition) is 15. The summed E-state index contributed by atoms with van der Waals surface area (Å²) in [5.41, 5.74) is 9.49. The summed E-state index contributed by atoms with van der Waals surface area (Å²) in [6, 6.07) is 16.0. The number of imide groups is 1. The minimum absolute atomic E-state index is 0.0297. The molecule has 18 nitrogen and oxygen atoms in total. The first kappa shape index (κ1) is 44.2. The molecule has 5 amide bonds. The third kappa shape index (κ3) is 9.97. The van der Waals surface area contributed by atoms with E-state index in [9.17, 15) is 24.0 Å². The molecule has 0 saturated carbocycles. The number of piperidine rings is 2. The highest BCUT2D eigenvalue weighted by Gasteiger charge is 2.47. The van der Waals surface area contributed by atoms with Crippen LogP contribution in [0.3, 0.4) is 0 Å². The van der Waals surface area contributed by atoms with Crippen LogP contribution in [0.1, 0.15) is 77.4 Å². The smallest absolute Gasteiger partial charge is 0.272 e. The second-order valence-electron chi connectivity index (χ2n) is 17.6. The Bertz CT molecular complexity index is 2420. The van der Waals surface area contributed by atoms with E-state index in [1.165, 1.54) is 16.7 Å². The Morgan fingerprint density at radius 3 is 2.48 bits per heavy atom. The van der Waals surface area contributed by atoms with Gasteiger partial charge in [-0.3, -0.25) is 34.2 Å². The highest BCUT2D eigenvalue weighted by Crippen LogP contribution is 2.42. The fourth-order valence-electron chi connectivity index (χ4n) is 9.42. The number of aromatic nitrogens is 4. The second kappa shape index (κ2) is 19.2. The molecule has 1 spiro atoms. The largest absolute Gasteiger partial charge is 0.376 e. The molecule has 9 rings (SSSR count). The number of ether oxygens (including phenoxy) is 1. The Morgan fingerprint density at radius 1 is 0.938 bits per heavy atom. The summed E-state index contributed by atoms with van der Waals surface area (Å²) < 4.78 is 5.87. The van der Waals surface area contributed by atoms with Crippen molar-refractivity contribution in [3.63, 3.8) is 0 Å². The van der Waals surface area contributed by atoms with Crippen LogP contribution in [0.5, 0.6) is 0 Å². The van der Waals surface area contributed by atoms with Crippen LogP contribution in [0, 0.1) is 5.41 Å². The van der Waals surface area contributed by atoms with Gasteiger partial charge in [0.25, 0.3) is 11.8 Å². The van der Waals surface area contributed by atoms with Gasteiger partial charge in [-0.2, -0.15) is 0 Å². The fraction of sp³-hybridized carbons (Fsp3) is 0.457. The highest BCUT2D eigenvalue weighted by atomic mass is 32.2. The van der Waals surface area contributed by atoms with Gasteiger partial charge in [0.2, 0.25) is 17.7 Å². The highest BCUT2D eigenvalue weighted by molar-refractivity contribution is 7.99. The molecular weight excluding hydrogens is 849 g/mol. The molecule has 7 heterocycles. The van der Waals surface area contributed by atoms with E-state index in [1.807, 2.05) is 42.6 Å². The molecule has 3 atom stereocenters. The van der Waals surface area contributed by atoms with Gasteiger partial charge in [0.15, 0.2) is 11.5 Å². The SMILES string of the molecule is C[C@@H]1OCC2(CCN(c3cnc(Sc4cccc(NC(=O)CCCN5CCN(c6ccc(C(=O)NCc7ccc8c(c7)C(=O)N(C7CCC(=O)NC7=O)C8)nn6)CC5)c4)cn3)CC2)[C@@H]1N. The number of amides is 5. The first-order valence-electron chi connectivity index (χ1n) is 22.4. The molecular formula is C46H54N12O6S. The molecule has 2 aromatic carbocycles. The van der Waals surface area contributed by atoms with Crippen molar-refractivity contribution >= 4 is 58.6 Å². The number of fused-ring (bicyclic) bond motifs is 1. The number of carbonyl (C=O) groups excluding carboxylic acids is 5. The number of nitrogens with zero attached hydrogens (tertiary/aromatic N) is 8. The van der Waals surface area contributed by atoms with Crippen LogP contribution in [0.4, 0.5) is 17.3 Å². The van der Waals surface area contributed by atoms with Gasteiger partial charge >= 0.3 is 0 Å². The van der Waals surface area contributed by atoms with Gasteiger partial charge in [-0.1, -0.05) is 30.0 Å². The van der Waals surface area contributed by atoms with Crippen molar-refractivity contribution in [2.45, 2.75) is 86.6 Å². The molecule has 0 bridgehead atoms. The topological polar surface area (TPSA) is 221 Å². The predicted octanol–water partition coefficient (Wildman–Crippen LogP) is 2.98. The molecule has 0 radical (unpaired) electrons. The van der Waals surface area contributed by atoms with Crippen molar-refractivity contribution < 1.29 is 28.7 Å². The number of piperazine rings is 1. The Hall–Kier alpha value is -6.02. The van der Waals surface area contributed by atoms with Gasteiger partial charge in [-0.25, -0.2) is 9.97 Å². The Labute approximate surface area is 381 Å². The zero-order valence-electron chi connectivity index (χ0n) is 36.4. The van der Waals surface area contributed by atoms with E-state index < -0.39 is 11.9 Å². The number of nitrogens with two attached hydrogens (primary N) is 1. The van der Waals surface area contributed by atoms with Crippen molar-refractivity contribution in [1.82, 2.24) is 40.6 Å². The van der Waals surface area contributed by atoms with E-state index in [2.05, 4.69) is 52.8 Å². The molecule has 4 saturated heterocycles. The van der Waals surface area contributed by atoms with Crippen molar-refractivity contribution in [3.8, 4) is 0 Å². The third-order valence-electron chi connectivity index (χ3n) is 13.4. The lowest BCUT2D eigenvalue weighted by Crippen LogP contribution is -2.52. The fourth-order valence-corrected chi connectivity index (χ4v) is 10.2. The molecule has 19 heteroatoms. The lowest BCUT2D eigenvalue weighted by molar-refractivity contribution is -0.137. The molecule has 2 aromatic heterocycles. The molecule has 1 unspecified atom stereocenters. The van der Waals surface area contributed by atoms with Gasteiger partial charge in [-0.15, -0.1) is 10.2 Å². The van der Waals surface area contributed by atoms with E-state index in [4.69, 9.17) is 15.5 Å². The van der Waals surface area contributed by atoms with Crippen molar-refractivity contribution in [1.29, 1.82) is 0 Å². The summed E-state index contributed by atoms with van der Waals surface area (Å²) in [6.07, 6.45) is 7.34. The van der Waals surface area contributed by atoms with E-state index >= 15 is 0 Å². The molecule has 5 aliphatic rings. The molecule has 65 heavy (non-hydrogen) atoms. The summed E-state index contributed by atoms with van der Waals surface area (Å²) in [7, 11) is 0. The van der Waals surface area contributed by atoms with Crippen LogP contribution in [0.2, 0.25) is 0 Å². The van der Waals surface area contributed by atoms with E-state index in [1.54, 1.807) is 24.4 Å². The maximum absolute atomic E-state index is 13.2.